The Kier molecular flexibility index (Phi) is 1.83. The number of rotatable bonds is 0. The minimum absolute atomic E-state index is 0.0822. The van der Waals surface area contributed by atoms with E-state index in [4.69, 9.17) is 4.74 Å². The lowest BCUT2D eigenvalue weighted by Gasteiger charge is -2.28. The average molecular weight is 176 g/mol. The molecular formula is C11H12O2. The first-order valence-electron chi connectivity index (χ1n) is 4.42. The fraction of sp³-hybridized carbons (Fsp3) is 0.364. The highest BCUT2D eigenvalue weighted by molar-refractivity contribution is 5.95. The van der Waals surface area contributed by atoms with Crippen LogP contribution < -0.4 is 0 Å². The molecule has 0 N–H and O–H groups in total. The van der Waals surface area contributed by atoms with Gasteiger partial charge in [-0.05, 0) is 19.9 Å². The van der Waals surface area contributed by atoms with Crippen molar-refractivity contribution in [3.63, 3.8) is 0 Å². The maximum Gasteiger partial charge on any atom is 0.169 e. The molecule has 1 heterocycles. The lowest BCUT2D eigenvalue weighted by Crippen LogP contribution is -2.32. The van der Waals surface area contributed by atoms with Crippen LogP contribution in [-0.4, -0.2) is 11.9 Å². The number of allylic oxidation sites excluding steroid dienone is 4. The van der Waals surface area contributed by atoms with Gasteiger partial charge in [0.05, 0.1) is 11.7 Å². The van der Waals surface area contributed by atoms with Crippen molar-refractivity contribution in [1.29, 1.82) is 0 Å². The van der Waals surface area contributed by atoms with Gasteiger partial charge in [0.1, 0.15) is 6.10 Å². The van der Waals surface area contributed by atoms with Crippen LogP contribution in [0.25, 0.3) is 0 Å². The van der Waals surface area contributed by atoms with Crippen molar-refractivity contribution in [3.8, 4) is 0 Å². The van der Waals surface area contributed by atoms with Crippen LogP contribution in [0.15, 0.2) is 35.6 Å². The molecule has 0 bridgehead atoms. The summed E-state index contributed by atoms with van der Waals surface area (Å²) >= 11 is 0. The van der Waals surface area contributed by atoms with Crippen LogP contribution in [0.4, 0.5) is 0 Å². The summed E-state index contributed by atoms with van der Waals surface area (Å²) in [5.41, 5.74) is 1.13. The van der Waals surface area contributed by atoms with Gasteiger partial charge in [-0.3, -0.25) is 4.79 Å². The summed E-state index contributed by atoms with van der Waals surface area (Å²) in [4.78, 5) is 11.5. The molecule has 0 saturated heterocycles. The van der Waals surface area contributed by atoms with E-state index in [-0.39, 0.29) is 17.8 Å². The van der Waals surface area contributed by atoms with E-state index in [0.29, 0.717) is 5.76 Å². The summed E-state index contributed by atoms with van der Waals surface area (Å²) < 4.78 is 5.52. The number of carbonyl (C=O) groups is 1. The molecule has 1 aliphatic heterocycles. The van der Waals surface area contributed by atoms with Crippen molar-refractivity contribution in [2.75, 3.05) is 0 Å². The van der Waals surface area contributed by atoms with Gasteiger partial charge in [0.25, 0.3) is 0 Å². The third kappa shape index (κ3) is 1.44. The highest BCUT2D eigenvalue weighted by Gasteiger charge is 2.30. The molecule has 0 fully saturated rings. The minimum atomic E-state index is -0.103. The molecule has 0 aromatic heterocycles. The molecule has 2 nitrogen and oxygen atoms in total. The maximum atomic E-state index is 11.5. The number of hydrogen-bond acceptors (Lipinski definition) is 2. The number of ketones is 1. The Labute approximate surface area is 77.6 Å². The Morgan fingerprint density at radius 1 is 1.38 bits per heavy atom. The molecule has 0 spiro atoms. The van der Waals surface area contributed by atoms with Crippen LogP contribution >= 0.6 is 0 Å². The Bertz CT molecular complexity index is 334. The first-order chi connectivity index (χ1) is 6.16. The quantitative estimate of drug-likeness (QED) is 0.564. The predicted octanol–water partition coefficient (Wildman–Crippen LogP) is 1.99. The van der Waals surface area contributed by atoms with Crippen LogP contribution in [0.3, 0.4) is 0 Å². The molecule has 1 aliphatic carbocycles. The summed E-state index contributed by atoms with van der Waals surface area (Å²) in [7, 11) is 0. The lowest BCUT2D eigenvalue weighted by molar-refractivity contribution is -0.121. The highest BCUT2D eigenvalue weighted by Crippen LogP contribution is 2.26. The summed E-state index contributed by atoms with van der Waals surface area (Å²) in [6.07, 6.45) is 7.41. The first kappa shape index (κ1) is 8.30. The Morgan fingerprint density at radius 3 is 2.92 bits per heavy atom. The van der Waals surface area contributed by atoms with Crippen LogP contribution in [0.5, 0.6) is 0 Å². The Hall–Kier alpha value is -1.31. The summed E-state index contributed by atoms with van der Waals surface area (Å²) in [6.45, 7) is 3.80. The second kappa shape index (κ2) is 2.87. The van der Waals surface area contributed by atoms with E-state index in [9.17, 15) is 4.79 Å². The van der Waals surface area contributed by atoms with Crippen molar-refractivity contribution >= 4 is 5.78 Å². The summed E-state index contributed by atoms with van der Waals surface area (Å²) in [5.74, 6) is 0.759. The molecule has 0 radical (unpaired) electrons. The fourth-order valence-electron chi connectivity index (χ4n) is 1.70. The van der Waals surface area contributed by atoms with E-state index in [0.717, 1.165) is 5.57 Å². The van der Waals surface area contributed by atoms with Gasteiger partial charge in [-0.15, -0.1) is 0 Å². The zero-order valence-electron chi connectivity index (χ0n) is 7.78. The molecule has 0 amide bonds. The summed E-state index contributed by atoms with van der Waals surface area (Å²) in [5, 5.41) is 0. The van der Waals surface area contributed by atoms with Gasteiger partial charge in [0.15, 0.2) is 5.78 Å². The largest absolute Gasteiger partial charge is 0.490 e. The molecule has 68 valence electrons. The topological polar surface area (TPSA) is 26.3 Å². The molecule has 13 heavy (non-hydrogen) atoms. The van der Waals surface area contributed by atoms with Crippen LogP contribution in [-0.2, 0) is 9.53 Å². The van der Waals surface area contributed by atoms with Gasteiger partial charge >= 0.3 is 0 Å². The zero-order chi connectivity index (χ0) is 9.42. The number of hydrogen-bond donors (Lipinski definition) is 0. The SMILES string of the molecule is CC1=CC2C(=O)C=C(C)OC2C=C1. The number of fused-ring (bicyclic) bond motifs is 1. The Balaban J connectivity index is 2.33. The standard InChI is InChI=1S/C11H12O2/c1-7-3-4-11-9(5-7)10(12)6-8(2)13-11/h3-6,9,11H,1-2H3. The van der Waals surface area contributed by atoms with E-state index >= 15 is 0 Å². The number of carbonyl (C=O) groups excluding carboxylic acids is 1. The van der Waals surface area contributed by atoms with E-state index in [1.165, 1.54) is 0 Å². The van der Waals surface area contributed by atoms with Crippen molar-refractivity contribution in [2.45, 2.75) is 20.0 Å². The average Bonchev–Trinajstić information content (AvgIpc) is 2.06. The van der Waals surface area contributed by atoms with E-state index in [2.05, 4.69) is 0 Å². The first-order valence-corrected chi connectivity index (χ1v) is 4.42. The van der Waals surface area contributed by atoms with E-state index in [1.807, 2.05) is 32.1 Å². The summed E-state index contributed by atoms with van der Waals surface area (Å²) in [6, 6.07) is 0. The van der Waals surface area contributed by atoms with Crippen LogP contribution in [0, 0.1) is 5.92 Å². The molecule has 2 rings (SSSR count). The smallest absolute Gasteiger partial charge is 0.169 e. The van der Waals surface area contributed by atoms with Gasteiger partial charge in [-0.25, -0.2) is 0 Å². The third-order valence-corrected chi connectivity index (χ3v) is 2.34. The van der Waals surface area contributed by atoms with Gasteiger partial charge in [0, 0.05) is 6.08 Å². The van der Waals surface area contributed by atoms with Crippen molar-refractivity contribution in [3.05, 3.63) is 35.6 Å². The minimum Gasteiger partial charge on any atom is -0.490 e. The van der Waals surface area contributed by atoms with E-state index < -0.39 is 0 Å². The zero-order valence-corrected chi connectivity index (χ0v) is 7.78. The van der Waals surface area contributed by atoms with E-state index in [1.54, 1.807) is 6.08 Å². The maximum absolute atomic E-state index is 11.5. The second-order valence-corrected chi connectivity index (χ2v) is 3.54. The molecule has 0 saturated carbocycles. The van der Waals surface area contributed by atoms with Crippen molar-refractivity contribution in [2.24, 2.45) is 5.92 Å². The molecule has 2 aliphatic rings. The van der Waals surface area contributed by atoms with Crippen molar-refractivity contribution < 1.29 is 9.53 Å². The highest BCUT2D eigenvalue weighted by atomic mass is 16.5. The van der Waals surface area contributed by atoms with Gasteiger partial charge in [0.2, 0.25) is 0 Å². The van der Waals surface area contributed by atoms with Crippen LogP contribution in [0.1, 0.15) is 13.8 Å². The lowest BCUT2D eigenvalue weighted by atomic mass is 9.88. The Morgan fingerprint density at radius 2 is 2.15 bits per heavy atom. The fourth-order valence-corrected chi connectivity index (χ4v) is 1.70. The predicted molar refractivity (Wildman–Crippen MR) is 50.0 cm³/mol. The van der Waals surface area contributed by atoms with Gasteiger partial charge in [-0.1, -0.05) is 17.7 Å². The molecular weight excluding hydrogens is 164 g/mol. The normalized spacial score (nSPS) is 31.7. The monoisotopic (exact) mass is 176 g/mol. The van der Waals surface area contributed by atoms with Crippen molar-refractivity contribution in [1.82, 2.24) is 0 Å². The second-order valence-electron chi connectivity index (χ2n) is 3.54. The molecule has 2 atom stereocenters. The molecule has 2 heteroatoms. The molecule has 2 unspecified atom stereocenters. The third-order valence-electron chi connectivity index (χ3n) is 2.34. The molecule has 0 aromatic carbocycles. The van der Waals surface area contributed by atoms with Gasteiger partial charge < -0.3 is 4.74 Å². The number of ether oxygens (including phenoxy) is 1. The van der Waals surface area contributed by atoms with Crippen LogP contribution in [0.2, 0.25) is 0 Å². The van der Waals surface area contributed by atoms with Gasteiger partial charge in [-0.2, -0.15) is 0 Å². The molecule has 0 aromatic rings.